The fourth-order valence-electron chi connectivity index (χ4n) is 7.54. The van der Waals surface area contributed by atoms with Crippen molar-refractivity contribution in [3.63, 3.8) is 0 Å². The van der Waals surface area contributed by atoms with E-state index in [1.807, 2.05) is 60.7 Å². The molecule has 0 unspecified atom stereocenters. The standard InChI is InChI=1S/C46H27N5OS/c1-3-13-28(14-4-1)43-48-44(32-18-11-22-37-41(32)31-17-7-9-21-36(31)51(37)30-15-5-2-6-16-30)50-45(49-43)33-19-12-23-39-42(33)34-27-29(25-26-38(34)52-39)46-47-35-20-8-10-24-40(35)53-46/h1-27H. The molecule has 0 saturated carbocycles. The van der Waals surface area contributed by atoms with Gasteiger partial charge < -0.3 is 8.98 Å². The SMILES string of the molecule is c1ccc(-c2nc(-c3cccc4oc5ccc(-c6nc7ccccc7s6)cc5c34)nc(-c3cccc4c3c3ccccc3n4-c3ccccc3)n2)cc1. The van der Waals surface area contributed by atoms with Gasteiger partial charge in [-0.05, 0) is 60.7 Å². The van der Waals surface area contributed by atoms with Crippen molar-refractivity contribution in [2.24, 2.45) is 0 Å². The molecule has 11 aromatic rings. The van der Waals surface area contributed by atoms with Crippen LogP contribution >= 0.6 is 11.3 Å². The Morgan fingerprint density at radius 2 is 1.13 bits per heavy atom. The minimum Gasteiger partial charge on any atom is -0.456 e. The Bertz CT molecular complexity index is 3150. The highest BCUT2D eigenvalue weighted by Gasteiger charge is 2.22. The predicted molar refractivity (Wildman–Crippen MR) is 216 cm³/mol. The summed E-state index contributed by atoms with van der Waals surface area (Å²) in [5, 5.41) is 5.15. The lowest BCUT2D eigenvalue weighted by atomic mass is 10.0. The fourth-order valence-corrected chi connectivity index (χ4v) is 8.50. The van der Waals surface area contributed by atoms with E-state index in [1.165, 1.54) is 0 Å². The Labute approximate surface area is 307 Å². The molecule has 7 aromatic carbocycles. The minimum atomic E-state index is 0.580. The number of hydrogen-bond acceptors (Lipinski definition) is 6. The molecule has 0 atom stereocenters. The molecule has 0 radical (unpaired) electrons. The van der Waals surface area contributed by atoms with Crippen molar-refractivity contribution < 1.29 is 4.42 Å². The van der Waals surface area contributed by atoms with E-state index in [1.54, 1.807) is 11.3 Å². The third-order valence-electron chi connectivity index (χ3n) is 9.90. The quantitative estimate of drug-likeness (QED) is 0.179. The number of thiazole rings is 1. The van der Waals surface area contributed by atoms with Crippen molar-refractivity contribution in [1.29, 1.82) is 0 Å². The van der Waals surface area contributed by atoms with Crippen LogP contribution in [0.3, 0.4) is 0 Å². The van der Waals surface area contributed by atoms with Crippen molar-refractivity contribution in [3.8, 4) is 50.4 Å². The Balaban J connectivity index is 1.17. The number of benzene rings is 7. The highest BCUT2D eigenvalue weighted by molar-refractivity contribution is 7.21. The summed E-state index contributed by atoms with van der Waals surface area (Å²) in [6.07, 6.45) is 0. The van der Waals surface area contributed by atoms with E-state index in [-0.39, 0.29) is 0 Å². The maximum Gasteiger partial charge on any atom is 0.164 e. The predicted octanol–water partition coefficient (Wildman–Crippen LogP) is 12.1. The summed E-state index contributed by atoms with van der Waals surface area (Å²) in [5.74, 6) is 1.79. The van der Waals surface area contributed by atoms with E-state index in [2.05, 4.69) is 108 Å². The smallest absolute Gasteiger partial charge is 0.164 e. The number of hydrogen-bond donors (Lipinski definition) is 0. The van der Waals surface area contributed by atoms with Gasteiger partial charge in [0.25, 0.3) is 0 Å². The summed E-state index contributed by atoms with van der Waals surface area (Å²) in [5.41, 5.74) is 9.65. The first kappa shape index (κ1) is 29.7. The third kappa shape index (κ3) is 4.79. The first-order valence-electron chi connectivity index (χ1n) is 17.5. The zero-order valence-electron chi connectivity index (χ0n) is 28.1. The molecule has 6 nitrogen and oxygen atoms in total. The van der Waals surface area contributed by atoms with Gasteiger partial charge in [0, 0.05) is 49.5 Å². The monoisotopic (exact) mass is 697 g/mol. The van der Waals surface area contributed by atoms with Gasteiger partial charge in [0.15, 0.2) is 17.5 Å². The van der Waals surface area contributed by atoms with Crippen LogP contribution in [0, 0.1) is 0 Å². The molecular formula is C46H27N5OS. The van der Waals surface area contributed by atoms with Gasteiger partial charge in [-0.25, -0.2) is 19.9 Å². The van der Waals surface area contributed by atoms with Gasteiger partial charge in [0.1, 0.15) is 16.2 Å². The fraction of sp³-hybridized carbons (Fsp3) is 0. The molecule has 0 spiro atoms. The number of fused-ring (bicyclic) bond motifs is 7. The molecule has 4 heterocycles. The minimum absolute atomic E-state index is 0.580. The number of furan rings is 1. The summed E-state index contributed by atoms with van der Waals surface area (Å²) >= 11 is 1.69. The Morgan fingerprint density at radius 1 is 0.453 bits per heavy atom. The molecule has 248 valence electrons. The first-order valence-corrected chi connectivity index (χ1v) is 18.3. The summed E-state index contributed by atoms with van der Waals surface area (Å²) in [6.45, 7) is 0. The molecule has 0 aliphatic carbocycles. The van der Waals surface area contributed by atoms with Crippen molar-refractivity contribution in [2.75, 3.05) is 0 Å². The van der Waals surface area contributed by atoms with Crippen molar-refractivity contribution in [1.82, 2.24) is 24.5 Å². The zero-order valence-corrected chi connectivity index (χ0v) is 29.0. The molecular weight excluding hydrogens is 671 g/mol. The van der Waals surface area contributed by atoms with Crippen molar-refractivity contribution in [3.05, 3.63) is 164 Å². The molecule has 0 bridgehead atoms. The molecule has 53 heavy (non-hydrogen) atoms. The molecule has 0 fully saturated rings. The Kier molecular flexibility index (Phi) is 6.62. The number of rotatable bonds is 5. The summed E-state index contributed by atoms with van der Waals surface area (Å²) in [6, 6.07) is 56.2. The molecule has 0 amide bonds. The average Bonchev–Trinajstić information content (AvgIpc) is 3.93. The Hall–Kier alpha value is -6.96. The normalized spacial score (nSPS) is 11.8. The van der Waals surface area contributed by atoms with Crippen LogP contribution in [0.25, 0.3) is 104 Å². The van der Waals surface area contributed by atoms with Crippen LogP contribution in [-0.2, 0) is 0 Å². The lowest BCUT2D eigenvalue weighted by molar-refractivity contribution is 0.669. The Morgan fingerprint density at radius 3 is 1.96 bits per heavy atom. The molecule has 4 aromatic heterocycles. The van der Waals surface area contributed by atoms with Gasteiger partial charge >= 0.3 is 0 Å². The second kappa shape index (κ2) is 11.8. The number of nitrogens with zero attached hydrogens (tertiary/aromatic N) is 5. The zero-order chi connectivity index (χ0) is 34.9. The van der Waals surface area contributed by atoms with Crippen LogP contribution in [0.5, 0.6) is 0 Å². The van der Waals surface area contributed by atoms with Crippen LogP contribution in [0.2, 0.25) is 0 Å². The van der Waals surface area contributed by atoms with Gasteiger partial charge in [-0.1, -0.05) is 103 Å². The molecule has 0 N–H and O–H groups in total. The maximum atomic E-state index is 6.45. The summed E-state index contributed by atoms with van der Waals surface area (Å²) < 4.78 is 9.93. The molecule has 0 aliphatic heterocycles. The van der Waals surface area contributed by atoms with E-state index in [9.17, 15) is 0 Å². The molecule has 0 saturated heterocycles. The van der Waals surface area contributed by atoms with Crippen LogP contribution in [0.15, 0.2) is 168 Å². The molecule has 7 heteroatoms. The topological polar surface area (TPSA) is 69.6 Å². The first-order chi connectivity index (χ1) is 26.3. The van der Waals surface area contributed by atoms with Crippen LogP contribution in [0.4, 0.5) is 0 Å². The van der Waals surface area contributed by atoms with E-state index in [0.717, 1.165) is 86.9 Å². The maximum absolute atomic E-state index is 6.45. The highest BCUT2D eigenvalue weighted by Crippen LogP contribution is 2.41. The van der Waals surface area contributed by atoms with Crippen LogP contribution < -0.4 is 0 Å². The van der Waals surface area contributed by atoms with Crippen LogP contribution in [-0.4, -0.2) is 24.5 Å². The van der Waals surface area contributed by atoms with Crippen molar-refractivity contribution in [2.45, 2.75) is 0 Å². The van der Waals surface area contributed by atoms with Crippen molar-refractivity contribution >= 4 is 65.3 Å². The lowest BCUT2D eigenvalue weighted by Gasteiger charge is -2.11. The average molecular weight is 698 g/mol. The van der Waals surface area contributed by atoms with Gasteiger partial charge in [-0.3, -0.25) is 0 Å². The van der Waals surface area contributed by atoms with Gasteiger partial charge in [-0.2, -0.15) is 0 Å². The number of para-hydroxylation sites is 3. The largest absolute Gasteiger partial charge is 0.456 e. The van der Waals surface area contributed by atoms with Crippen LogP contribution in [0.1, 0.15) is 0 Å². The lowest BCUT2D eigenvalue weighted by Crippen LogP contribution is -2.01. The van der Waals surface area contributed by atoms with Gasteiger partial charge in [-0.15, -0.1) is 11.3 Å². The van der Waals surface area contributed by atoms with Gasteiger partial charge in [0.05, 0.1) is 21.3 Å². The van der Waals surface area contributed by atoms with E-state index >= 15 is 0 Å². The van der Waals surface area contributed by atoms with E-state index in [0.29, 0.717) is 17.5 Å². The van der Waals surface area contributed by atoms with E-state index in [4.69, 9.17) is 24.4 Å². The van der Waals surface area contributed by atoms with Gasteiger partial charge in [0.2, 0.25) is 0 Å². The summed E-state index contributed by atoms with van der Waals surface area (Å²) in [7, 11) is 0. The number of aromatic nitrogens is 5. The second-order valence-electron chi connectivity index (χ2n) is 13.0. The summed E-state index contributed by atoms with van der Waals surface area (Å²) in [4.78, 5) is 20.6. The second-order valence-corrected chi connectivity index (χ2v) is 14.1. The third-order valence-corrected chi connectivity index (χ3v) is 11.0. The molecule has 11 rings (SSSR count). The van der Waals surface area contributed by atoms with E-state index < -0.39 is 0 Å². The highest BCUT2D eigenvalue weighted by atomic mass is 32.1. The molecule has 0 aliphatic rings.